The van der Waals surface area contributed by atoms with Crippen molar-refractivity contribution in [3.63, 3.8) is 0 Å². The fraction of sp³-hybridized carbons (Fsp3) is 0.667. The van der Waals surface area contributed by atoms with Gasteiger partial charge < -0.3 is 4.74 Å². The smallest absolute Gasteiger partial charge is 0.315 e. The monoisotopic (exact) mass is 241 g/mol. The fourth-order valence-corrected chi connectivity index (χ4v) is 0.552. The van der Waals surface area contributed by atoms with Gasteiger partial charge >= 0.3 is 12.4 Å². The number of alkyl halides is 5. The van der Waals surface area contributed by atoms with E-state index in [0.717, 1.165) is 6.92 Å². The Balaban J connectivity index is 4.77. The second kappa shape index (κ2) is 4.69. The van der Waals surface area contributed by atoms with Gasteiger partial charge in [0.2, 0.25) is 5.95 Å². The summed E-state index contributed by atoms with van der Waals surface area (Å²) in [6, 6.07) is 0. The van der Waals surface area contributed by atoms with E-state index in [1.54, 1.807) is 0 Å². The minimum Gasteiger partial charge on any atom is -0.315 e. The minimum absolute atomic E-state index is 0.0387. The number of hydrogen-bond donors (Lipinski definition) is 1. The van der Waals surface area contributed by atoms with Crippen molar-refractivity contribution < 1.29 is 35.5 Å². The first-order valence-corrected chi connectivity index (χ1v) is 3.52. The van der Waals surface area contributed by atoms with Crippen LogP contribution in [0.5, 0.6) is 0 Å². The summed E-state index contributed by atoms with van der Waals surface area (Å²) in [6.45, 7) is 0.343. The Morgan fingerprint density at radius 3 is 1.93 bits per heavy atom. The van der Waals surface area contributed by atoms with Gasteiger partial charge in [-0.05, 0) is 6.92 Å². The predicted octanol–water partition coefficient (Wildman–Crippen LogP) is 2.83. The Labute approximate surface area is 79.7 Å². The molecule has 9 heteroatoms. The molecule has 90 valence electrons. The summed E-state index contributed by atoms with van der Waals surface area (Å²) in [6.07, 6.45) is -10.1. The minimum atomic E-state index is -5.34. The van der Waals surface area contributed by atoms with E-state index in [2.05, 4.69) is 4.74 Å². The van der Waals surface area contributed by atoms with Crippen LogP contribution in [0.3, 0.4) is 0 Å². The Kier molecular flexibility index (Phi) is 4.38. The molecule has 0 bridgehead atoms. The van der Waals surface area contributed by atoms with E-state index in [1.807, 2.05) is 0 Å². The maximum Gasteiger partial charge on any atom is 0.484 e. The first-order chi connectivity index (χ1) is 6.60. The van der Waals surface area contributed by atoms with Gasteiger partial charge in [0, 0.05) is 0 Å². The molecule has 0 aliphatic heterocycles. The number of ether oxygens (including phenoxy) is 1. The zero-order valence-electron chi connectivity index (χ0n) is 7.26. The Morgan fingerprint density at radius 2 is 1.60 bits per heavy atom. The van der Waals surface area contributed by atoms with Gasteiger partial charge in [-0.1, -0.05) is 0 Å². The molecule has 1 N–H and O–H groups in total. The third-order valence-corrected chi connectivity index (χ3v) is 1.03. The number of halogens is 7. The molecule has 0 unspecified atom stereocenters. The van der Waals surface area contributed by atoms with Gasteiger partial charge in [-0.25, -0.2) is 0 Å². The van der Waals surface area contributed by atoms with Gasteiger partial charge in [0.05, 0.1) is 6.61 Å². The maximum atomic E-state index is 12.4. The van der Waals surface area contributed by atoms with Gasteiger partial charge in [0.1, 0.15) is 0 Å². The molecule has 0 saturated heterocycles. The summed E-state index contributed by atoms with van der Waals surface area (Å²) in [5.41, 5.74) is 0. The molecule has 0 aromatic carbocycles. The van der Waals surface area contributed by atoms with E-state index in [4.69, 9.17) is 0 Å². The summed E-state index contributed by atoms with van der Waals surface area (Å²) in [4.78, 5) is 0. The van der Waals surface area contributed by atoms with E-state index in [1.165, 1.54) is 0 Å². The second-order valence-corrected chi connectivity index (χ2v) is 2.20. The average Bonchev–Trinajstić information content (AvgIpc) is 1.99. The number of hydrogen-bond acceptors (Lipinski definition) is 2. The lowest BCUT2D eigenvalue weighted by molar-refractivity contribution is -0.220. The fourth-order valence-electron chi connectivity index (χ4n) is 0.552. The van der Waals surface area contributed by atoms with Gasteiger partial charge in [-0.15, -0.1) is 0 Å². The molecular formula is C6H6F7NO. The van der Waals surface area contributed by atoms with Crippen LogP contribution in [-0.4, -0.2) is 19.0 Å². The van der Waals surface area contributed by atoms with E-state index in [-0.39, 0.29) is 5.32 Å². The normalized spacial score (nSPS) is 14.9. The molecule has 0 aromatic heterocycles. The molecule has 0 rings (SSSR count). The maximum absolute atomic E-state index is 12.4. The molecule has 0 amide bonds. The summed E-state index contributed by atoms with van der Waals surface area (Å²) in [7, 11) is 0. The zero-order chi connectivity index (χ0) is 12.3. The van der Waals surface area contributed by atoms with E-state index < -0.39 is 30.8 Å². The lowest BCUT2D eigenvalue weighted by Gasteiger charge is -2.15. The molecule has 0 atom stereocenters. The molecule has 0 aliphatic rings. The Hall–Kier alpha value is -0.990. The third-order valence-electron chi connectivity index (χ3n) is 1.03. The first-order valence-electron chi connectivity index (χ1n) is 3.52. The van der Waals surface area contributed by atoms with E-state index in [9.17, 15) is 30.7 Å². The van der Waals surface area contributed by atoms with Gasteiger partial charge in [-0.2, -0.15) is 30.7 Å². The van der Waals surface area contributed by atoms with Crippen LogP contribution in [0.2, 0.25) is 0 Å². The van der Waals surface area contributed by atoms with Crippen molar-refractivity contribution in [2.45, 2.75) is 19.3 Å². The van der Waals surface area contributed by atoms with Crippen LogP contribution >= 0.6 is 0 Å². The number of rotatable bonds is 4. The third kappa shape index (κ3) is 4.86. The lowest BCUT2D eigenvalue weighted by Crippen LogP contribution is -2.33. The van der Waals surface area contributed by atoms with Crippen LogP contribution in [-0.2, 0) is 4.74 Å². The SMILES string of the molecule is CCOC(F)(F)/C(F)=C(\F)NC(F)(F)F. The predicted molar refractivity (Wildman–Crippen MR) is 35.0 cm³/mol. The molecule has 0 spiro atoms. The summed E-state index contributed by atoms with van der Waals surface area (Å²) in [5, 5.41) is -0.0387. The standard InChI is InChI=1S/C6H6F7NO/c1-2-15-5(9,10)3(7)4(8)14-6(11,12)13/h14H,2H2,1H3/b4-3-. The quantitative estimate of drug-likeness (QED) is 0.603. The highest BCUT2D eigenvalue weighted by atomic mass is 19.4. The van der Waals surface area contributed by atoms with Crippen molar-refractivity contribution in [1.29, 1.82) is 0 Å². The Morgan fingerprint density at radius 1 is 1.13 bits per heavy atom. The lowest BCUT2D eigenvalue weighted by atomic mass is 10.5. The molecule has 0 aromatic rings. The van der Waals surface area contributed by atoms with Gasteiger partial charge in [-0.3, -0.25) is 5.32 Å². The topological polar surface area (TPSA) is 21.3 Å². The van der Waals surface area contributed by atoms with E-state index >= 15 is 0 Å². The first kappa shape index (κ1) is 14.0. The van der Waals surface area contributed by atoms with Crippen LogP contribution in [0, 0.1) is 0 Å². The summed E-state index contributed by atoms with van der Waals surface area (Å²) in [5.74, 6) is -5.79. The molecule has 2 nitrogen and oxygen atoms in total. The van der Waals surface area contributed by atoms with Crippen LogP contribution in [0.15, 0.2) is 11.8 Å². The van der Waals surface area contributed by atoms with Crippen LogP contribution in [0.25, 0.3) is 0 Å². The van der Waals surface area contributed by atoms with Crippen LogP contribution < -0.4 is 5.32 Å². The molecule has 0 aliphatic carbocycles. The van der Waals surface area contributed by atoms with Gasteiger partial charge in [0.25, 0.3) is 5.83 Å². The largest absolute Gasteiger partial charge is 0.484 e. The summed E-state index contributed by atoms with van der Waals surface area (Å²) >= 11 is 0. The zero-order valence-corrected chi connectivity index (χ0v) is 7.26. The molecule has 15 heavy (non-hydrogen) atoms. The highest BCUT2D eigenvalue weighted by Crippen LogP contribution is 2.30. The van der Waals surface area contributed by atoms with Crippen LogP contribution in [0.4, 0.5) is 30.7 Å². The van der Waals surface area contributed by atoms with Crippen molar-refractivity contribution in [3.05, 3.63) is 11.8 Å². The molecule has 0 fully saturated rings. The molecule has 0 radical (unpaired) electrons. The number of nitrogens with one attached hydrogen (secondary N) is 1. The van der Waals surface area contributed by atoms with Gasteiger partial charge in [0.15, 0.2) is 0 Å². The summed E-state index contributed by atoms with van der Waals surface area (Å²) < 4.78 is 86.9. The average molecular weight is 241 g/mol. The Bertz CT molecular complexity index is 246. The van der Waals surface area contributed by atoms with Crippen LogP contribution in [0.1, 0.15) is 6.92 Å². The van der Waals surface area contributed by atoms with Crippen molar-refractivity contribution in [2.75, 3.05) is 6.61 Å². The van der Waals surface area contributed by atoms with Crippen molar-refractivity contribution >= 4 is 0 Å². The molecular weight excluding hydrogens is 235 g/mol. The second-order valence-electron chi connectivity index (χ2n) is 2.20. The highest BCUT2D eigenvalue weighted by molar-refractivity contribution is 5.04. The van der Waals surface area contributed by atoms with Crippen molar-refractivity contribution in [1.82, 2.24) is 5.32 Å². The van der Waals surface area contributed by atoms with Crippen molar-refractivity contribution in [2.24, 2.45) is 0 Å². The molecule has 0 saturated carbocycles. The molecule has 0 heterocycles. The highest BCUT2D eigenvalue weighted by Gasteiger charge is 2.42. The van der Waals surface area contributed by atoms with Crippen molar-refractivity contribution in [3.8, 4) is 0 Å². The van der Waals surface area contributed by atoms with E-state index in [0.29, 0.717) is 0 Å².